The Morgan fingerprint density at radius 3 is 0.604 bits per heavy atom. The summed E-state index contributed by atoms with van der Waals surface area (Å²) in [5.74, 6) is 7.27. The fraction of sp³-hybridized carbons (Fsp3) is 0.536. The van der Waals surface area contributed by atoms with E-state index in [1.807, 2.05) is 36.4 Å². The van der Waals surface area contributed by atoms with Gasteiger partial charge in [-0.15, -0.1) is 0 Å². The van der Waals surface area contributed by atoms with Crippen molar-refractivity contribution in [2.24, 2.45) is 35.4 Å². The number of para-hydroxylation sites is 6. The summed E-state index contributed by atoms with van der Waals surface area (Å²) in [4.78, 5) is 29.8. The lowest BCUT2D eigenvalue weighted by Crippen LogP contribution is -2.45. The quantitative estimate of drug-likeness (QED) is 0.163. The molecule has 0 bridgehead atoms. The van der Waals surface area contributed by atoms with Gasteiger partial charge >= 0.3 is 0 Å². The van der Waals surface area contributed by atoms with E-state index in [1.54, 1.807) is 0 Å². The summed E-state index contributed by atoms with van der Waals surface area (Å²) >= 11 is 0. The average molecular weight is 1290 g/mol. The van der Waals surface area contributed by atoms with Gasteiger partial charge in [0, 0.05) is 0 Å². The molecule has 1 spiro atoms. The number of aliphatic imine (C=N–C) groups is 6. The first-order valence-corrected chi connectivity index (χ1v) is 36.6. The number of hydrogen-bond acceptors (Lipinski definition) is 12. The minimum atomic E-state index is -0.800. The molecule has 0 aromatic heterocycles. The molecule has 0 radical (unpaired) electrons. The van der Waals surface area contributed by atoms with Crippen molar-refractivity contribution >= 4 is 52.1 Å². The van der Waals surface area contributed by atoms with E-state index in [4.69, 9.17) is 58.4 Å². The van der Waals surface area contributed by atoms with Crippen molar-refractivity contribution in [3.05, 3.63) is 143 Å². The fourth-order valence-corrected chi connectivity index (χ4v) is 17.0. The molecule has 0 atom stereocenters. The Morgan fingerprint density at radius 2 is 0.417 bits per heavy atom. The van der Waals surface area contributed by atoms with Gasteiger partial charge in [-0.3, -0.25) is 0 Å². The van der Waals surface area contributed by atoms with Gasteiger partial charge < -0.3 is 28.4 Å². The van der Waals surface area contributed by atoms with Crippen molar-refractivity contribution in [3.63, 3.8) is 0 Å². The zero-order chi connectivity index (χ0) is 63.1. The number of fused-ring (bicyclic) bond motifs is 6. The number of benzene rings is 6. The van der Waals surface area contributed by atoms with Crippen molar-refractivity contribution < 1.29 is 28.4 Å². The van der Waals surface area contributed by atoms with Crippen LogP contribution in [0, 0.1) is 5.41 Å². The zero-order valence-corrected chi connectivity index (χ0v) is 55.4. The van der Waals surface area contributed by atoms with Crippen LogP contribution in [0.4, 0.5) is 34.1 Å². The Balaban J connectivity index is 0.000000224. The Labute approximate surface area is 572 Å². The van der Waals surface area contributed by atoms with E-state index in [0.29, 0.717) is 48.7 Å². The molecule has 9 aliphatic rings. The summed E-state index contributed by atoms with van der Waals surface area (Å²) in [5.41, 5.74) is 11.7. The molecular weight excluding hydrogens is 1190 g/mol. The van der Waals surface area contributed by atoms with Crippen LogP contribution in [0.2, 0.25) is 0 Å². The van der Waals surface area contributed by atoms with Gasteiger partial charge in [-0.2, -0.15) is 30.0 Å². The first-order chi connectivity index (χ1) is 46.6. The standard InChI is InChI=1S/C55H64N4O4.C27H32N2O2.2CH4/c1-5-17-39(18-6-1)43-25-13-29-47-51(43)56-37-57-52-44(40-19-7-2-8-20-40)26-14-30-48(52)61-34-55(33-60-47)35-62-49-31-15-27-45(41-21-9-3-10-22-41)53(49)58-38-59-54-46(42-23-11-4-12-24-42)28-16-32-50(54)63-36-55;1-3-9-20(10-4-1)22-13-7-15-24-26(22)28-19-29-27-23(21-11-5-2-6-12-21)14-8-16-25(27)31-18-17-30-24;;/h13-16,25-32,39-42H,1-12,17-24,33-36H2;7-8,13-16,20-21H,1-6,9-12,17-18H2;2*1H4. The van der Waals surface area contributed by atoms with Crippen LogP contribution in [0.15, 0.2) is 139 Å². The van der Waals surface area contributed by atoms with Crippen molar-refractivity contribution in [2.75, 3.05) is 39.6 Å². The van der Waals surface area contributed by atoms with Crippen molar-refractivity contribution in [3.8, 4) is 34.5 Å². The van der Waals surface area contributed by atoms with Crippen LogP contribution in [-0.2, 0) is 0 Å². The second kappa shape index (κ2) is 33.5. The summed E-state index contributed by atoms with van der Waals surface area (Å²) in [6.45, 7) is 2.04. The summed E-state index contributed by atoms with van der Waals surface area (Å²) in [7, 11) is 0. The highest BCUT2D eigenvalue weighted by Crippen LogP contribution is 2.50. The highest BCUT2D eigenvalue weighted by Gasteiger charge is 2.39. The highest BCUT2D eigenvalue weighted by atomic mass is 16.5. The lowest BCUT2D eigenvalue weighted by molar-refractivity contribution is -0.00304. The van der Waals surface area contributed by atoms with Crippen LogP contribution in [-0.4, -0.2) is 57.7 Å². The molecule has 12 heteroatoms. The van der Waals surface area contributed by atoms with Gasteiger partial charge in [-0.25, -0.2) is 0 Å². The van der Waals surface area contributed by atoms with E-state index in [0.717, 1.165) is 120 Å². The smallest absolute Gasteiger partial charge is 0.146 e. The second-order valence-electron chi connectivity index (χ2n) is 28.5. The molecule has 6 aromatic rings. The van der Waals surface area contributed by atoms with E-state index in [2.05, 4.69) is 90.8 Å². The third-order valence-electron chi connectivity index (χ3n) is 22.2. The van der Waals surface area contributed by atoms with Crippen LogP contribution in [0.5, 0.6) is 34.5 Å². The molecule has 0 saturated heterocycles. The van der Waals surface area contributed by atoms with Gasteiger partial charge in [-0.1, -0.05) is 203 Å². The van der Waals surface area contributed by atoms with E-state index >= 15 is 0 Å². The first kappa shape index (κ1) is 68.2. The van der Waals surface area contributed by atoms with Gasteiger partial charge in [0.25, 0.3) is 0 Å². The Morgan fingerprint density at radius 1 is 0.240 bits per heavy atom. The molecule has 96 heavy (non-hydrogen) atoms. The molecule has 0 amide bonds. The molecule has 0 N–H and O–H groups in total. The van der Waals surface area contributed by atoms with Gasteiger partial charge in [0.15, 0.2) is 0 Å². The SMILES string of the molecule is C.C.C1=Nc2c(cccc2C2CCCCC2)OCC2(COc3cccc(C4CCCCC4)c3N=1)COc1cccc(C3CCCCC3)c1N=C=Nc1c(cccc1C1CCCCC1)OC2.C1=Nc2c(cccc2C2CCCCC2)OCCOc2cccc(C3CCCCC3)c2N=1. The topological polar surface area (TPSA) is 130 Å². The van der Waals surface area contributed by atoms with Gasteiger partial charge in [0.05, 0.1) is 0 Å². The van der Waals surface area contributed by atoms with Gasteiger partial charge in [0.2, 0.25) is 0 Å². The first-order valence-electron chi connectivity index (χ1n) is 36.6. The van der Waals surface area contributed by atoms with Gasteiger partial charge in [-0.05, 0) is 182 Å². The molecule has 3 aliphatic heterocycles. The van der Waals surface area contributed by atoms with E-state index in [1.165, 1.54) is 175 Å². The number of ether oxygens (including phenoxy) is 6. The third kappa shape index (κ3) is 16.1. The third-order valence-corrected chi connectivity index (χ3v) is 22.2. The largest absolute Gasteiger partial charge is 0.490 e. The van der Waals surface area contributed by atoms with E-state index in [-0.39, 0.29) is 41.3 Å². The number of nitrogens with zero attached hydrogens (tertiary/aromatic N) is 6. The summed E-state index contributed by atoms with van der Waals surface area (Å²) < 4.78 is 40.4. The van der Waals surface area contributed by atoms with E-state index < -0.39 is 5.41 Å². The van der Waals surface area contributed by atoms with Crippen LogP contribution < -0.4 is 28.4 Å². The molecule has 6 fully saturated rings. The Kier molecular flexibility index (Phi) is 23.8. The predicted molar refractivity (Wildman–Crippen MR) is 390 cm³/mol. The summed E-state index contributed by atoms with van der Waals surface area (Å²) in [6.07, 6.45) is 36.8. The van der Waals surface area contributed by atoms with Crippen molar-refractivity contribution in [1.82, 2.24) is 0 Å². The Bertz CT molecular complexity index is 3360. The maximum atomic E-state index is 7.06. The Hall–Kier alpha value is -7.74. The molecule has 12 nitrogen and oxygen atoms in total. The van der Waals surface area contributed by atoms with Crippen molar-refractivity contribution in [1.29, 1.82) is 0 Å². The fourth-order valence-electron chi connectivity index (χ4n) is 17.0. The lowest BCUT2D eigenvalue weighted by Gasteiger charge is -2.34. The molecule has 6 saturated carbocycles. The summed E-state index contributed by atoms with van der Waals surface area (Å²) in [6, 6.07) is 47.7. The summed E-state index contributed by atoms with van der Waals surface area (Å²) in [5, 5.41) is 0. The van der Waals surface area contributed by atoms with E-state index in [9.17, 15) is 0 Å². The number of hydrogen-bond donors (Lipinski definition) is 0. The van der Waals surface area contributed by atoms with Crippen molar-refractivity contribution in [2.45, 2.75) is 243 Å². The molecular formula is C84H104N6O6. The lowest BCUT2D eigenvalue weighted by atomic mass is 9.83. The van der Waals surface area contributed by atoms with Crippen LogP contribution in [0.25, 0.3) is 0 Å². The minimum absolute atomic E-state index is 0. The maximum Gasteiger partial charge on any atom is 0.146 e. The zero-order valence-electron chi connectivity index (χ0n) is 55.4. The van der Waals surface area contributed by atoms with Gasteiger partial charge in [0.1, 0.15) is 132 Å². The highest BCUT2D eigenvalue weighted by molar-refractivity contribution is 5.73. The number of rotatable bonds is 6. The normalized spacial score (nSPS) is 21.5. The molecule has 0 unspecified atom stereocenters. The minimum Gasteiger partial charge on any atom is -0.490 e. The van der Waals surface area contributed by atoms with Crippen LogP contribution in [0.1, 0.15) is 276 Å². The predicted octanol–water partition coefficient (Wildman–Crippen LogP) is 24.3. The van der Waals surface area contributed by atoms with Crippen LogP contribution >= 0.6 is 0 Å². The molecule has 15 rings (SSSR count). The molecule has 3 heterocycles. The average Bonchev–Trinajstić information content (AvgIpc) is 1.02. The monoisotopic (exact) mass is 1290 g/mol. The second-order valence-corrected chi connectivity index (χ2v) is 28.5. The molecule has 506 valence electrons. The molecule has 6 aliphatic carbocycles. The molecule has 6 aromatic carbocycles. The van der Waals surface area contributed by atoms with Crippen LogP contribution in [0.3, 0.4) is 0 Å². The maximum absolute atomic E-state index is 7.06.